The number of H-pyrrole nitrogens is 1. The van der Waals surface area contributed by atoms with E-state index in [0.717, 1.165) is 4.68 Å². The summed E-state index contributed by atoms with van der Waals surface area (Å²) in [4.78, 5) is 38.6. The molecule has 11 nitrogen and oxygen atoms in total. The number of amides is 2. The topological polar surface area (TPSA) is 140 Å². The molecular weight excluding hydrogens is 541 g/mol. The summed E-state index contributed by atoms with van der Waals surface area (Å²) in [6.07, 6.45) is 1.73. The minimum atomic E-state index is -2.85. The fraction of sp³-hybridized carbons (Fsp3) is 0.500. The molecule has 3 aromatic heterocycles. The number of halogens is 4. The summed E-state index contributed by atoms with van der Waals surface area (Å²) >= 11 is 5.86. The highest BCUT2D eigenvalue weighted by Gasteiger charge is 2.41. The van der Waals surface area contributed by atoms with Crippen LogP contribution in [-0.2, 0) is 4.79 Å². The quantitative estimate of drug-likeness (QED) is 0.378. The lowest BCUT2D eigenvalue weighted by atomic mass is 9.81. The average Bonchev–Trinajstić information content (AvgIpc) is 3.51. The number of hydrogen-bond acceptors (Lipinski definition) is 6. The Morgan fingerprint density at radius 2 is 1.92 bits per heavy atom. The molecule has 210 valence electrons. The Morgan fingerprint density at radius 1 is 1.23 bits per heavy atom. The van der Waals surface area contributed by atoms with Gasteiger partial charge in [0.25, 0.3) is 17.4 Å². The zero-order valence-electron chi connectivity index (χ0n) is 21.4. The number of rotatable bonds is 8. The molecule has 0 aromatic carbocycles. The first-order chi connectivity index (χ1) is 18.4. The molecule has 39 heavy (non-hydrogen) atoms. The third-order valence-electron chi connectivity index (χ3n) is 6.79. The maximum absolute atomic E-state index is 14.8. The number of aromatic amines is 1. The van der Waals surface area contributed by atoms with Gasteiger partial charge in [0.1, 0.15) is 22.6 Å². The van der Waals surface area contributed by atoms with E-state index in [0.29, 0.717) is 0 Å². The van der Waals surface area contributed by atoms with Crippen LogP contribution in [0.2, 0.25) is 5.15 Å². The number of aromatic nitrogens is 6. The Morgan fingerprint density at radius 3 is 2.59 bits per heavy atom. The van der Waals surface area contributed by atoms with E-state index in [4.69, 9.17) is 11.6 Å². The molecule has 3 aromatic rings. The van der Waals surface area contributed by atoms with Crippen LogP contribution in [0.1, 0.15) is 74.6 Å². The molecule has 0 bridgehead atoms. The van der Waals surface area contributed by atoms with Crippen molar-refractivity contribution in [2.24, 2.45) is 5.92 Å². The molecule has 2 atom stereocenters. The molecule has 1 fully saturated rings. The summed E-state index contributed by atoms with van der Waals surface area (Å²) < 4.78 is 45.1. The number of nitrogens with zero attached hydrogens (tertiary/aromatic N) is 5. The molecule has 4 rings (SSSR count). The molecule has 0 saturated heterocycles. The zero-order valence-corrected chi connectivity index (χ0v) is 22.2. The van der Waals surface area contributed by atoms with Crippen LogP contribution in [0.5, 0.6) is 0 Å². The molecule has 1 aliphatic rings. The van der Waals surface area contributed by atoms with Crippen molar-refractivity contribution in [1.29, 1.82) is 0 Å². The van der Waals surface area contributed by atoms with Crippen LogP contribution in [0.25, 0.3) is 0 Å². The van der Waals surface area contributed by atoms with E-state index >= 15 is 0 Å². The maximum Gasteiger partial charge on any atom is 0.270 e. The second-order valence-corrected chi connectivity index (χ2v) is 10.2. The van der Waals surface area contributed by atoms with E-state index in [2.05, 4.69) is 31.0 Å². The van der Waals surface area contributed by atoms with Gasteiger partial charge in [-0.25, -0.2) is 13.9 Å². The number of anilines is 1. The second-order valence-electron chi connectivity index (χ2n) is 9.85. The van der Waals surface area contributed by atoms with Gasteiger partial charge in [-0.05, 0) is 51.7 Å². The molecule has 0 spiro atoms. The molecule has 0 unspecified atom stereocenters. The van der Waals surface area contributed by atoms with E-state index in [-0.39, 0.29) is 41.0 Å². The van der Waals surface area contributed by atoms with Gasteiger partial charge in [0.2, 0.25) is 11.8 Å². The summed E-state index contributed by atoms with van der Waals surface area (Å²) in [7, 11) is 0. The van der Waals surface area contributed by atoms with E-state index in [1.165, 1.54) is 29.2 Å². The molecule has 0 radical (unpaired) electrons. The first-order valence-electron chi connectivity index (χ1n) is 12.4. The van der Waals surface area contributed by atoms with Crippen molar-refractivity contribution in [3.05, 3.63) is 57.2 Å². The Hall–Kier alpha value is -3.68. The lowest BCUT2D eigenvalue weighted by molar-refractivity contribution is -0.121. The molecule has 3 heterocycles. The van der Waals surface area contributed by atoms with Gasteiger partial charge in [-0.3, -0.25) is 23.7 Å². The summed E-state index contributed by atoms with van der Waals surface area (Å²) in [5.41, 5.74) is -0.509. The second kappa shape index (κ2) is 11.2. The highest BCUT2D eigenvalue weighted by Crippen LogP contribution is 2.38. The average molecular weight is 569 g/mol. The fourth-order valence-electron chi connectivity index (χ4n) is 4.62. The number of carbonyl (C=O) groups is 2. The van der Waals surface area contributed by atoms with Crippen molar-refractivity contribution < 1.29 is 22.8 Å². The zero-order chi connectivity index (χ0) is 28.5. The van der Waals surface area contributed by atoms with E-state index < -0.39 is 60.1 Å². The highest BCUT2D eigenvalue weighted by atomic mass is 35.5. The molecule has 1 aliphatic carbocycles. The van der Waals surface area contributed by atoms with Crippen LogP contribution < -0.4 is 16.2 Å². The lowest BCUT2D eigenvalue weighted by Gasteiger charge is -2.33. The van der Waals surface area contributed by atoms with Crippen molar-refractivity contribution in [2.45, 2.75) is 70.5 Å². The van der Waals surface area contributed by atoms with Crippen LogP contribution in [0.4, 0.5) is 18.9 Å². The molecule has 0 aliphatic heterocycles. The third-order valence-corrected chi connectivity index (χ3v) is 6.98. The van der Waals surface area contributed by atoms with Gasteiger partial charge >= 0.3 is 0 Å². The minimum absolute atomic E-state index is 0.0147. The van der Waals surface area contributed by atoms with Gasteiger partial charge in [-0.15, -0.1) is 5.10 Å². The van der Waals surface area contributed by atoms with Crippen LogP contribution in [0.15, 0.2) is 29.3 Å². The standard InChI is InChI=1S/C24H28ClF3N8O3/c1-12(2)36-17(6-9-29-36)22(38)31-19(14-4-7-24(27,28)8-5-14)23(39)30-16-11-35(34-20(16)26)13(3)15-10-18(25)32-33-21(15)37/h6,9-14,19H,4-5,7-8H2,1-3H3,(H,30,39)(H,31,38)(H,33,37)/t13-,19+/m1/s1. The molecule has 15 heteroatoms. The van der Waals surface area contributed by atoms with Crippen LogP contribution in [0.3, 0.4) is 0 Å². The normalized spacial score (nSPS) is 17.1. The SMILES string of the molecule is CC(C)n1nccc1C(=O)N[C@H](C(=O)Nc1cn([C@H](C)c2cc(Cl)n[nH]c2=O)nc1F)C1CCC(F)(F)CC1. The number of hydrogen-bond donors (Lipinski definition) is 3. The Balaban J connectivity index is 1.57. The van der Waals surface area contributed by atoms with Crippen molar-refractivity contribution >= 4 is 29.1 Å². The summed E-state index contributed by atoms with van der Waals surface area (Å²) in [5, 5.41) is 18.8. The first kappa shape index (κ1) is 28.3. The molecule has 3 N–H and O–H groups in total. The predicted octanol–water partition coefficient (Wildman–Crippen LogP) is 3.71. The minimum Gasteiger partial charge on any atom is -0.339 e. The smallest absolute Gasteiger partial charge is 0.270 e. The third kappa shape index (κ3) is 6.32. The van der Waals surface area contributed by atoms with E-state index in [9.17, 15) is 27.6 Å². The largest absolute Gasteiger partial charge is 0.339 e. The molecular formula is C24H28ClF3N8O3. The van der Waals surface area contributed by atoms with Gasteiger partial charge in [0, 0.05) is 30.6 Å². The Labute approximate surface area is 226 Å². The van der Waals surface area contributed by atoms with Crippen LogP contribution in [-0.4, -0.2) is 53.5 Å². The summed E-state index contributed by atoms with van der Waals surface area (Å²) in [6, 6.07) is 0.644. The molecule has 1 saturated carbocycles. The Kier molecular flexibility index (Phi) is 8.14. The van der Waals surface area contributed by atoms with Gasteiger partial charge in [0.05, 0.1) is 12.2 Å². The number of nitrogens with one attached hydrogen (secondary N) is 3. The maximum atomic E-state index is 14.8. The summed E-state index contributed by atoms with van der Waals surface area (Å²) in [6.45, 7) is 5.22. The lowest BCUT2D eigenvalue weighted by Crippen LogP contribution is -2.50. The van der Waals surface area contributed by atoms with Crippen LogP contribution >= 0.6 is 11.6 Å². The van der Waals surface area contributed by atoms with Gasteiger partial charge < -0.3 is 10.6 Å². The van der Waals surface area contributed by atoms with Gasteiger partial charge in [0.15, 0.2) is 0 Å². The van der Waals surface area contributed by atoms with Gasteiger partial charge in [-0.2, -0.15) is 14.6 Å². The van der Waals surface area contributed by atoms with Crippen LogP contribution in [0, 0.1) is 11.9 Å². The van der Waals surface area contributed by atoms with E-state index in [1.807, 2.05) is 13.8 Å². The molecule has 2 amide bonds. The van der Waals surface area contributed by atoms with Crippen molar-refractivity contribution in [1.82, 2.24) is 35.1 Å². The predicted molar refractivity (Wildman–Crippen MR) is 135 cm³/mol. The first-order valence-corrected chi connectivity index (χ1v) is 12.8. The van der Waals surface area contributed by atoms with Crippen molar-refractivity contribution in [3.8, 4) is 0 Å². The Bertz CT molecular complexity index is 1410. The van der Waals surface area contributed by atoms with Crippen molar-refractivity contribution in [2.75, 3.05) is 5.32 Å². The monoisotopic (exact) mass is 568 g/mol. The van der Waals surface area contributed by atoms with E-state index in [1.54, 1.807) is 6.92 Å². The van der Waals surface area contributed by atoms with Crippen molar-refractivity contribution in [3.63, 3.8) is 0 Å². The van der Waals surface area contributed by atoms with Gasteiger partial charge in [-0.1, -0.05) is 11.6 Å². The summed E-state index contributed by atoms with van der Waals surface area (Å²) in [5.74, 6) is -5.90. The fourth-order valence-corrected chi connectivity index (χ4v) is 4.78. The highest BCUT2D eigenvalue weighted by molar-refractivity contribution is 6.29. The number of carbonyl (C=O) groups excluding carboxylic acids is 2. The number of alkyl halides is 2.